The summed E-state index contributed by atoms with van der Waals surface area (Å²) in [6.45, 7) is 9.42. The van der Waals surface area contributed by atoms with Crippen LogP contribution in [0.3, 0.4) is 0 Å². The summed E-state index contributed by atoms with van der Waals surface area (Å²) >= 11 is 0. The summed E-state index contributed by atoms with van der Waals surface area (Å²) in [5.74, 6) is -0.432. The SMILES string of the molecule is CCCN1CCN(C(=O)NCCC(C)CCC(=O)O)CC1. The third-order valence-electron chi connectivity index (χ3n) is 3.96. The number of piperazine rings is 1. The molecule has 0 spiro atoms. The topological polar surface area (TPSA) is 72.9 Å². The number of carbonyl (C=O) groups is 2. The lowest BCUT2D eigenvalue weighted by molar-refractivity contribution is -0.137. The van der Waals surface area contributed by atoms with E-state index < -0.39 is 5.97 Å². The van der Waals surface area contributed by atoms with E-state index in [0.717, 1.165) is 45.6 Å². The highest BCUT2D eigenvalue weighted by Gasteiger charge is 2.20. The van der Waals surface area contributed by atoms with Gasteiger partial charge in [0, 0.05) is 39.1 Å². The van der Waals surface area contributed by atoms with E-state index in [4.69, 9.17) is 5.11 Å². The van der Waals surface area contributed by atoms with Gasteiger partial charge in [0.05, 0.1) is 0 Å². The Hall–Kier alpha value is -1.30. The van der Waals surface area contributed by atoms with Gasteiger partial charge in [-0.1, -0.05) is 13.8 Å². The molecule has 0 aromatic carbocycles. The van der Waals surface area contributed by atoms with Gasteiger partial charge in [0.15, 0.2) is 0 Å². The number of aliphatic carboxylic acids is 1. The van der Waals surface area contributed by atoms with Gasteiger partial charge in [-0.05, 0) is 31.7 Å². The summed E-state index contributed by atoms with van der Waals surface area (Å²) in [7, 11) is 0. The van der Waals surface area contributed by atoms with E-state index in [9.17, 15) is 9.59 Å². The first-order valence-corrected chi connectivity index (χ1v) is 7.99. The molecule has 1 unspecified atom stereocenters. The fourth-order valence-corrected chi connectivity index (χ4v) is 2.54. The first-order valence-electron chi connectivity index (χ1n) is 7.99. The first-order chi connectivity index (χ1) is 10.0. The fourth-order valence-electron chi connectivity index (χ4n) is 2.54. The molecule has 0 aromatic heterocycles. The average Bonchev–Trinajstić information content (AvgIpc) is 2.46. The lowest BCUT2D eigenvalue weighted by Gasteiger charge is -2.34. The molecular weight excluding hydrogens is 270 g/mol. The summed E-state index contributed by atoms with van der Waals surface area (Å²) in [5.41, 5.74) is 0. The van der Waals surface area contributed by atoms with Crippen molar-refractivity contribution in [3.05, 3.63) is 0 Å². The Morgan fingerprint density at radius 1 is 1.19 bits per heavy atom. The molecule has 1 saturated heterocycles. The van der Waals surface area contributed by atoms with E-state index in [1.165, 1.54) is 0 Å². The van der Waals surface area contributed by atoms with Gasteiger partial charge in [-0.25, -0.2) is 4.79 Å². The van der Waals surface area contributed by atoms with Crippen LogP contribution in [0.5, 0.6) is 0 Å². The molecule has 1 atom stereocenters. The van der Waals surface area contributed by atoms with Gasteiger partial charge < -0.3 is 15.3 Å². The number of carboxylic acids is 1. The maximum Gasteiger partial charge on any atom is 0.317 e. The second-order valence-electron chi connectivity index (χ2n) is 5.89. The molecule has 6 nitrogen and oxygen atoms in total. The minimum atomic E-state index is -0.754. The van der Waals surface area contributed by atoms with Gasteiger partial charge >= 0.3 is 12.0 Å². The minimum Gasteiger partial charge on any atom is -0.481 e. The summed E-state index contributed by atoms with van der Waals surface area (Å²) in [6.07, 6.45) is 2.85. The Balaban J connectivity index is 2.12. The molecule has 0 saturated carbocycles. The number of urea groups is 1. The Morgan fingerprint density at radius 3 is 2.43 bits per heavy atom. The largest absolute Gasteiger partial charge is 0.481 e. The van der Waals surface area contributed by atoms with E-state index in [-0.39, 0.29) is 12.5 Å². The molecule has 1 heterocycles. The zero-order chi connectivity index (χ0) is 15.7. The molecule has 122 valence electrons. The highest BCUT2D eigenvalue weighted by molar-refractivity contribution is 5.74. The number of rotatable bonds is 8. The van der Waals surface area contributed by atoms with Crippen LogP contribution >= 0.6 is 0 Å². The van der Waals surface area contributed by atoms with Crippen molar-refractivity contribution < 1.29 is 14.7 Å². The Morgan fingerprint density at radius 2 is 1.86 bits per heavy atom. The third-order valence-corrected chi connectivity index (χ3v) is 3.96. The Labute approximate surface area is 127 Å². The molecule has 21 heavy (non-hydrogen) atoms. The first kappa shape index (κ1) is 17.8. The molecule has 0 aromatic rings. The van der Waals surface area contributed by atoms with Crippen molar-refractivity contribution in [2.24, 2.45) is 5.92 Å². The fraction of sp³-hybridized carbons (Fsp3) is 0.867. The highest BCUT2D eigenvalue weighted by Crippen LogP contribution is 2.09. The molecule has 0 bridgehead atoms. The van der Waals surface area contributed by atoms with Crippen LogP contribution in [0, 0.1) is 5.92 Å². The molecule has 2 amide bonds. The maximum atomic E-state index is 12.0. The van der Waals surface area contributed by atoms with Gasteiger partial charge in [0.25, 0.3) is 0 Å². The minimum absolute atomic E-state index is 0.0107. The van der Waals surface area contributed by atoms with Gasteiger partial charge in [-0.15, -0.1) is 0 Å². The van der Waals surface area contributed by atoms with Gasteiger partial charge in [0.1, 0.15) is 0 Å². The van der Waals surface area contributed by atoms with Crippen LogP contribution < -0.4 is 5.32 Å². The van der Waals surface area contributed by atoms with Crippen LogP contribution in [0.25, 0.3) is 0 Å². The van der Waals surface area contributed by atoms with E-state index in [2.05, 4.69) is 17.1 Å². The van der Waals surface area contributed by atoms with Crippen LogP contribution in [0.4, 0.5) is 4.79 Å². The molecule has 0 radical (unpaired) electrons. The summed E-state index contributed by atoms with van der Waals surface area (Å²) in [6, 6.07) is 0.0107. The average molecular weight is 299 g/mol. The molecule has 0 aliphatic carbocycles. The van der Waals surface area contributed by atoms with Gasteiger partial charge in [-0.2, -0.15) is 0 Å². The number of nitrogens with zero attached hydrogens (tertiary/aromatic N) is 2. The molecule has 1 fully saturated rings. The molecule has 6 heteroatoms. The lowest BCUT2D eigenvalue weighted by atomic mass is 10.0. The molecular formula is C15H29N3O3. The second kappa shape index (κ2) is 9.60. The predicted molar refractivity (Wildman–Crippen MR) is 82.4 cm³/mol. The van der Waals surface area contributed by atoms with Crippen molar-refractivity contribution >= 4 is 12.0 Å². The van der Waals surface area contributed by atoms with E-state index in [1.54, 1.807) is 0 Å². The van der Waals surface area contributed by atoms with Crippen LogP contribution in [0.2, 0.25) is 0 Å². The quantitative estimate of drug-likeness (QED) is 0.714. The number of nitrogens with one attached hydrogen (secondary N) is 1. The third kappa shape index (κ3) is 7.32. The zero-order valence-corrected chi connectivity index (χ0v) is 13.3. The number of carbonyl (C=O) groups excluding carboxylic acids is 1. The van der Waals surface area contributed by atoms with E-state index in [0.29, 0.717) is 18.9 Å². The lowest BCUT2D eigenvalue weighted by Crippen LogP contribution is -2.52. The summed E-state index contributed by atoms with van der Waals surface area (Å²) < 4.78 is 0. The van der Waals surface area contributed by atoms with Crippen molar-refractivity contribution in [2.75, 3.05) is 39.3 Å². The second-order valence-corrected chi connectivity index (χ2v) is 5.89. The maximum absolute atomic E-state index is 12.0. The zero-order valence-electron chi connectivity index (χ0n) is 13.3. The smallest absolute Gasteiger partial charge is 0.317 e. The van der Waals surface area contributed by atoms with E-state index in [1.807, 2.05) is 11.8 Å². The van der Waals surface area contributed by atoms with Crippen molar-refractivity contribution in [3.63, 3.8) is 0 Å². The summed E-state index contributed by atoms with van der Waals surface area (Å²) in [4.78, 5) is 26.8. The molecule has 2 N–H and O–H groups in total. The number of amides is 2. The number of carboxylic acid groups (broad SMARTS) is 1. The van der Waals surface area contributed by atoms with Crippen molar-refractivity contribution in [3.8, 4) is 0 Å². The monoisotopic (exact) mass is 299 g/mol. The van der Waals surface area contributed by atoms with Crippen molar-refractivity contribution in [1.82, 2.24) is 15.1 Å². The van der Waals surface area contributed by atoms with Crippen LogP contribution in [-0.4, -0.2) is 66.2 Å². The summed E-state index contributed by atoms with van der Waals surface area (Å²) in [5, 5.41) is 11.6. The van der Waals surface area contributed by atoms with Gasteiger partial charge in [0.2, 0.25) is 0 Å². The molecule has 1 aliphatic heterocycles. The Bertz CT molecular complexity index is 328. The predicted octanol–water partition coefficient (Wildman–Crippen LogP) is 1.61. The van der Waals surface area contributed by atoms with Crippen molar-refractivity contribution in [2.45, 2.75) is 39.5 Å². The van der Waals surface area contributed by atoms with Crippen molar-refractivity contribution in [1.29, 1.82) is 0 Å². The van der Waals surface area contributed by atoms with Crippen LogP contribution in [-0.2, 0) is 4.79 Å². The highest BCUT2D eigenvalue weighted by atomic mass is 16.4. The Kier molecular flexibility index (Phi) is 8.12. The van der Waals surface area contributed by atoms with Gasteiger partial charge in [-0.3, -0.25) is 9.69 Å². The number of hydrogen-bond acceptors (Lipinski definition) is 3. The van der Waals surface area contributed by atoms with E-state index >= 15 is 0 Å². The molecule has 1 aliphatic rings. The molecule has 1 rings (SSSR count). The van der Waals surface area contributed by atoms with Crippen LogP contribution in [0.15, 0.2) is 0 Å². The normalized spacial score (nSPS) is 17.5. The standard InChI is InChI=1S/C15H29N3O3/c1-3-8-17-9-11-18(12-10-17)15(21)16-7-6-13(2)4-5-14(19)20/h13H,3-12H2,1-2H3,(H,16,21)(H,19,20). The van der Waals surface area contributed by atoms with Crippen LogP contribution in [0.1, 0.15) is 39.5 Å². The number of hydrogen-bond donors (Lipinski definition) is 2.